The Bertz CT molecular complexity index is 923. The Balaban J connectivity index is 1.81. The fourth-order valence-corrected chi connectivity index (χ4v) is 3.00. The third-order valence-electron chi connectivity index (χ3n) is 4.22. The lowest BCUT2D eigenvalue weighted by Crippen LogP contribution is -2.29. The molecule has 3 aromatic rings. The van der Waals surface area contributed by atoms with Crippen molar-refractivity contribution >= 4 is 28.6 Å². The van der Waals surface area contributed by atoms with E-state index < -0.39 is 0 Å². The first-order valence-corrected chi connectivity index (χ1v) is 8.07. The normalized spacial score (nSPS) is 13.8. The molecule has 5 nitrogen and oxygen atoms in total. The molecule has 0 unspecified atom stereocenters. The molecule has 1 aliphatic heterocycles. The molecule has 0 bridgehead atoms. The van der Waals surface area contributed by atoms with Crippen LogP contribution in [0.25, 0.3) is 11.1 Å². The van der Waals surface area contributed by atoms with Crippen LogP contribution in [0.3, 0.4) is 0 Å². The molecule has 0 saturated heterocycles. The number of oxazole rings is 1. The SMILES string of the molecule is CCCCc1nc2c(N3C(=O)c4ccccc4C3=O)cccc2o1. The highest BCUT2D eigenvalue weighted by Gasteiger charge is 2.37. The van der Waals surface area contributed by atoms with Crippen LogP contribution in [-0.4, -0.2) is 16.8 Å². The van der Waals surface area contributed by atoms with E-state index in [1.165, 1.54) is 4.90 Å². The number of para-hydroxylation sites is 1. The van der Waals surface area contributed by atoms with Crippen LogP contribution in [0, 0.1) is 0 Å². The van der Waals surface area contributed by atoms with Gasteiger partial charge in [0.05, 0.1) is 16.8 Å². The Morgan fingerprint density at radius 2 is 1.71 bits per heavy atom. The van der Waals surface area contributed by atoms with Crippen molar-refractivity contribution in [2.75, 3.05) is 4.90 Å². The van der Waals surface area contributed by atoms with Gasteiger partial charge in [-0.25, -0.2) is 9.88 Å². The molecule has 2 amide bonds. The van der Waals surface area contributed by atoms with Crippen LogP contribution in [0.4, 0.5) is 5.69 Å². The van der Waals surface area contributed by atoms with Crippen LogP contribution in [0.5, 0.6) is 0 Å². The molecule has 2 heterocycles. The van der Waals surface area contributed by atoms with Crippen molar-refractivity contribution < 1.29 is 14.0 Å². The Labute approximate surface area is 138 Å². The van der Waals surface area contributed by atoms with Gasteiger partial charge in [0.15, 0.2) is 11.5 Å². The number of nitrogens with zero attached hydrogens (tertiary/aromatic N) is 2. The third kappa shape index (κ3) is 2.12. The van der Waals surface area contributed by atoms with Crippen LogP contribution in [-0.2, 0) is 6.42 Å². The van der Waals surface area contributed by atoms with Gasteiger partial charge in [0.25, 0.3) is 11.8 Å². The van der Waals surface area contributed by atoms with Crippen LogP contribution in [0.1, 0.15) is 46.4 Å². The molecule has 0 radical (unpaired) electrons. The molecule has 4 rings (SSSR count). The fraction of sp³-hybridized carbons (Fsp3) is 0.211. The standard InChI is InChI=1S/C19H16N2O3/c1-2-3-11-16-20-17-14(9-6-10-15(17)24-16)21-18(22)12-7-4-5-8-13(12)19(21)23/h4-10H,2-3,11H2,1H3. The zero-order valence-electron chi connectivity index (χ0n) is 13.3. The maximum absolute atomic E-state index is 12.7. The molecule has 1 aliphatic rings. The van der Waals surface area contributed by atoms with Crippen molar-refractivity contribution in [3.63, 3.8) is 0 Å². The minimum Gasteiger partial charge on any atom is -0.441 e. The van der Waals surface area contributed by atoms with E-state index in [-0.39, 0.29) is 11.8 Å². The van der Waals surface area contributed by atoms with Crippen LogP contribution in [0.2, 0.25) is 0 Å². The maximum atomic E-state index is 12.7. The van der Waals surface area contributed by atoms with E-state index in [9.17, 15) is 9.59 Å². The second-order valence-corrected chi connectivity index (χ2v) is 5.83. The summed E-state index contributed by atoms with van der Waals surface area (Å²) in [5.41, 5.74) is 2.47. The predicted molar refractivity (Wildman–Crippen MR) is 90.2 cm³/mol. The first-order valence-electron chi connectivity index (χ1n) is 8.07. The third-order valence-corrected chi connectivity index (χ3v) is 4.22. The minimum atomic E-state index is -0.318. The molecular weight excluding hydrogens is 304 g/mol. The second-order valence-electron chi connectivity index (χ2n) is 5.83. The Morgan fingerprint density at radius 3 is 2.38 bits per heavy atom. The number of anilines is 1. The van der Waals surface area contributed by atoms with Crippen LogP contribution in [0.15, 0.2) is 46.9 Å². The van der Waals surface area contributed by atoms with Crippen molar-refractivity contribution in [3.8, 4) is 0 Å². The van der Waals surface area contributed by atoms with E-state index in [4.69, 9.17) is 4.42 Å². The molecule has 24 heavy (non-hydrogen) atoms. The van der Waals surface area contributed by atoms with Crippen LogP contribution < -0.4 is 4.90 Å². The van der Waals surface area contributed by atoms with Gasteiger partial charge in [-0.3, -0.25) is 9.59 Å². The van der Waals surface area contributed by atoms with Crippen molar-refractivity contribution in [2.24, 2.45) is 0 Å². The average molecular weight is 320 g/mol. The van der Waals surface area contributed by atoms with Gasteiger partial charge in [0.1, 0.15) is 5.52 Å². The van der Waals surface area contributed by atoms with Gasteiger partial charge in [-0.05, 0) is 30.7 Å². The molecule has 0 saturated carbocycles. The molecule has 2 aromatic carbocycles. The van der Waals surface area contributed by atoms with Gasteiger partial charge in [0.2, 0.25) is 0 Å². The topological polar surface area (TPSA) is 63.4 Å². The Morgan fingerprint density at radius 1 is 1.00 bits per heavy atom. The summed E-state index contributed by atoms with van der Waals surface area (Å²) in [6, 6.07) is 12.2. The minimum absolute atomic E-state index is 0.318. The fourth-order valence-electron chi connectivity index (χ4n) is 3.00. The van der Waals surface area contributed by atoms with Crippen LogP contribution >= 0.6 is 0 Å². The zero-order chi connectivity index (χ0) is 16.7. The molecule has 0 aliphatic carbocycles. The molecular formula is C19H16N2O3. The van der Waals surface area contributed by atoms with E-state index in [1.807, 2.05) is 0 Å². The lowest BCUT2D eigenvalue weighted by molar-refractivity contribution is 0.0926. The maximum Gasteiger partial charge on any atom is 0.266 e. The van der Waals surface area contributed by atoms with E-state index in [2.05, 4.69) is 11.9 Å². The average Bonchev–Trinajstić information content (AvgIpc) is 3.13. The van der Waals surface area contributed by atoms with Crippen molar-refractivity contribution in [1.82, 2.24) is 4.98 Å². The quantitative estimate of drug-likeness (QED) is 0.682. The number of imide groups is 1. The summed E-state index contributed by atoms with van der Waals surface area (Å²) in [5.74, 6) is -0.00155. The first kappa shape index (κ1) is 14.6. The number of hydrogen-bond donors (Lipinski definition) is 0. The monoisotopic (exact) mass is 320 g/mol. The molecule has 0 fully saturated rings. The number of rotatable bonds is 4. The molecule has 1 aromatic heterocycles. The molecule has 0 atom stereocenters. The lowest BCUT2D eigenvalue weighted by atomic mass is 10.1. The smallest absolute Gasteiger partial charge is 0.266 e. The van der Waals surface area contributed by atoms with E-state index in [0.717, 1.165) is 19.3 Å². The summed E-state index contributed by atoms with van der Waals surface area (Å²) >= 11 is 0. The highest BCUT2D eigenvalue weighted by molar-refractivity contribution is 6.35. The van der Waals surface area contributed by atoms with Crippen molar-refractivity contribution in [2.45, 2.75) is 26.2 Å². The van der Waals surface area contributed by atoms with Gasteiger partial charge in [0, 0.05) is 6.42 Å². The second kappa shape index (κ2) is 5.60. The van der Waals surface area contributed by atoms with Gasteiger partial charge >= 0.3 is 0 Å². The Hall–Kier alpha value is -2.95. The van der Waals surface area contributed by atoms with E-state index in [1.54, 1.807) is 42.5 Å². The number of benzene rings is 2. The summed E-state index contributed by atoms with van der Waals surface area (Å²) in [5, 5.41) is 0. The first-order chi connectivity index (χ1) is 11.7. The van der Waals surface area contributed by atoms with Crippen molar-refractivity contribution in [3.05, 3.63) is 59.5 Å². The summed E-state index contributed by atoms with van der Waals surface area (Å²) < 4.78 is 5.76. The number of carbonyl (C=O) groups is 2. The number of unbranched alkanes of at least 4 members (excludes halogenated alkanes) is 1. The number of carbonyl (C=O) groups excluding carboxylic acids is 2. The highest BCUT2D eigenvalue weighted by Crippen LogP contribution is 2.33. The number of aromatic nitrogens is 1. The molecule has 120 valence electrons. The summed E-state index contributed by atoms with van der Waals surface area (Å²) in [4.78, 5) is 31.1. The molecule has 0 spiro atoms. The van der Waals surface area contributed by atoms with Gasteiger partial charge in [-0.1, -0.05) is 31.5 Å². The molecule has 0 N–H and O–H groups in total. The number of fused-ring (bicyclic) bond motifs is 2. The van der Waals surface area contributed by atoms with Crippen molar-refractivity contribution in [1.29, 1.82) is 0 Å². The van der Waals surface area contributed by atoms with Gasteiger partial charge < -0.3 is 4.42 Å². The number of amides is 2. The number of aryl methyl sites for hydroxylation is 1. The van der Waals surface area contributed by atoms with E-state index >= 15 is 0 Å². The van der Waals surface area contributed by atoms with E-state index in [0.29, 0.717) is 33.8 Å². The Kier molecular flexibility index (Phi) is 3.41. The predicted octanol–water partition coefficient (Wildman–Crippen LogP) is 3.97. The zero-order valence-corrected chi connectivity index (χ0v) is 13.3. The summed E-state index contributed by atoms with van der Waals surface area (Å²) in [6.45, 7) is 2.10. The number of hydrogen-bond acceptors (Lipinski definition) is 4. The summed E-state index contributed by atoms with van der Waals surface area (Å²) in [6.07, 6.45) is 2.77. The largest absolute Gasteiger partial charge is 0.441 e. The highest BCUT2D eigenvalue weighted by atomic mass is 16.3. The molecule has 5 heteroatoms. The summed E-state index contributed by atoms with van der Waals surface area (Å²) in [7, 11) is 0. The lowest BCUT2D eigenvalue weighted by Gasteiger charge is -2.13. The van der Waals surface area contributed by atoms with Gasteiger partial charge in [-0.2, -0.15) is 0 Å². The van der Waals surface area contributed by atoms with Gasteiger partial charge in [-0.15, -0.1) is 0 Å².